The average molecular weight is 204 g/mol. The summed E-state index contributed by atoms with van der Waals surface area (Å²) in [7, 11) is 0. The molecule has 0 aromatic carbocycles. The molecule has 3 heteroatoms. The van der Waals surface area contributed by atoms with Crippen LogP contribution in [0.2, 0.25) is 0 Å². The number of aliphatic hydroxyl groups is 1. The van der Waals surface area contributed by atoms with Gasteiger partial charge in [-0.1, -0.05) is 25.0 Å². The fourth-order valence-electron chi connectivity index (χ4n) is 1.85. The Morgan fingerprint density at radius 3 is 2.80 bits per heavy atom. The van der Waals surface area contributed by atoms with Gasteiger partial charge in [0.15, 0.2) is 0 Å². The highest BCUT2D eigenvalue weighted by atomic mass is 16.2. The predicted octanol–water partition coefficient (Wildman–Crippen LogP) is 2.24. The molecule has 80 valence electrons. The quantitative estimate of drug-likeness (QED) is 0.662. The van der Waals surface area contributed by atoms with Gasteiger partial charge >= 0.3 is 0 Å². The Labute approximate surface area is 89.9 Å². The molecule has 0 amide bonds. The van der Waals surface area contributed by atoms with E-state index in [0.29, 0.717) is 6.61 Å². The van der Waals surface area contributed by atoms with Gasteiger partial charge in [-0.3, -0.25) is 0 Å². The summed E-state index contributed by atoms with van der Waals surface area (Å²) in [4.78, 5) is 0. The third kappa shape index (κ3) is 2.42. The maximum Gasteiger partial charge on any atom is 0.0948 e. The summed E-state index contributed by atoms with van der Waals surface area (Å²) in [6.45, 7) is 0.309. The second-order valence-electron chi connectivity index (χ2n) is 3.86. The third-order valence-electron chi connectivity index (χ3n) is 2.70. The molecule has 0 atom stereocenters. The number of nitrogens with zero attached hydrogens (tertiary/aromatic N) is 2. The number of aliphatic hydroxyl groups excluding tert-OH is 1. The van der Waals surface area contributed by atoms with Crippen LogP contribution in [0.1, 0.15) is 32.1 Å². The summed E-state index contributed by atoms with van der Waals surface area (Å²) in [6, 6.07) is 0. The highest BCUT2D eigenvalue weighted by Crippen LogP contribution is 2.20. The fourth-order valence-corrected chi connectivity index (χ4v) is 1.85. The van der Waals surface area contributed by atoms with E-state index in [4.69, 9.17) is 5.11 Å². The lowest BCUT2D eigenvalue weighted by Gasteiger charge is -2.01. The first kappa shape index (κ1) is 10.3. The van der Waals surface area contributed by atoms with Crippen LogP contribution >= 0.6 is 0 Å². The minimum absolute atomic E-state index is 0.309. The summed E-state index contributed by atoms with van der Waals surface area (Å²) < 4.78 is 0. The van der Waals surface area contributed by atoms with Crippen molar-refractivity contribution in [3.8, 4) is 0 Å². The molecule has 1 aliphatic heterocycles. The Hall–Kier alpha value is -1.22. The molecule has 0 bridgehead atoms. The number of fused-ring (bicyclic) bond motifs is 1. The molecule has 0 radical (unpaired) electrons. The van der Waals surface area contributed by atoms with Crippen LogP contribution in [0.5, 0.6) is 0 Å². The number of unbranched alkanes of at least 4 members (excludes halogenated alkanes) is 3. The van der Waals surface area contributed by atoms with Gasteiger partial charge in [0.25, 0.3) is 0 Å². The molecule has 1 heterocycles. The van der Waals surface area contributed by atoms with E-state index in [9.17, 15) is 0 Å². The van der Waals surface area contributed by atoms with Gasteiger partial charge in [-0.15, -0.1) is 0 Å². The molecule has 15 heavy (non-hydrogen) atoms. The molecule has 0 aromatic rings. The zero-order valence-corrected chi connectivity index (χ0v) is 8.82. The Morgan fingerprint density at radius 1 is 1.07 bits per heavy atom. The van der Waals surface area contributed by atoms with Crippen LogP contribution < -0.4 is 0 Å². The molecular formula is C12H16N2O. The molecule has 0 saturated heterocycles. The lowest BCUT2D eigenvalue weighted by Crippen LogP contribution is -2.03. The summed E-state index contributed by atoms with van der Waals surface area (Å²) in [5.41, 5.74) is 3.34. The van der Waals surface area contributed by atoms with Crippen molar-refractivity contribution in [1.29, 1.82) is 0 Å². The maximum atomic E-state index is 8.64. The van der Waals surface area contributed by atoms with Crippen LogP contribution in [0.4, 0.5) is 0 Å². The Morgan fingerprint density at radius 2 is 1.93 bits per heavy atom. The Balaban J connectivity index is 1.70. The van der Waals surface area contributed by atoms with Crippen molar-refractivity contribution in [2.45, 2.75) is 32.1 Å². The first-order valence-electron chi connectivity index (χ1n) is 5.56. The first-order valence-corrected chi connectivity index (χ1v) is 5.56. The SMILES string of the molecule is OCCCCCCC1=NN=C2C=CC=C21. The van der Waals surface area contributed by atoms with Crippen LogP contribution in [0, 0.1) is 0 Å². The van der Waals surface area contributed by atoms with Crippen molar-refractivity contribution < 1.29 is 5.11 Å². The summed E-state index contributed by atoms with van der Waals surface area (Å²) in [5.74, 6) is 0. The van der Waals surface area contributed by atoms with Crippen LogP contribution in [0.15, 0.2) is 34.0 Å². The lowest BCUT2D eigenvalue weighted by atomic mass is 10.0. The number of rotatable bonds is 6. The van der Waals surface area contributed by atoms with Crippen LogP contribution in [0.25, 0.3) is 0 Å². The molecular weight excluding hydrogens is 188 g/mol. The van der Waals surface area contributed by atoms with E-state index in [-0.39, 0.29) is 0 Å². The topological polar surface area (TPSA) is 45.0 Å². The van der Waals surface area contributed by atoms with Crippen molar-refractivity contribution in [3.63, 3.8) is 0 Å². The van der Waals surface area contributed by atoms with Crippen molar-refractivity contribution in [1.82, 2.24) is 0 Å². The molecule has 0 spiro atoms. The van der Waals surface area contributed by atoms with Gasteiger partial charge in [0.2, 0.25) is 0 Å². The second-order valence-corrected chi connectivity index (χ2v) is 3.86. The minimum Gasteiger partial charge on any atom is -0.396 e. The molecule has 1 aliphatic carbocycles. The third-order valence-corrected chi connectivity index (χ3v) is 2.70. The van der Waals surface area contributed by atoms with E-state index >= 15 is 0 Å². The van der Waals surface area contributed by atoms with Crippen LogP contribution in [-0.2, 0) is 0 Å². The van der Waals surface area contributed by atoms with Gasteiger partial charge in [-0.25, -0.2) is 0 Å². The zero-order valence-electron chi connectivity index (χ0n) is 8.82. The molecule has 2 rings (SSSR count). The monoisotopic (exact) mass is 204 g/mol. The molecule has 3 nitrogen and oxygen atoms in total. The van der Waals surface area contributed by atoms with E-state index in [1.54, 1.807) is 0 Å². The maximum absolute atomic E-state index is 8.64. The molecule has 0 aromatic heterocycles. The Kier molecular flexibility index (Phi) is 3.45. The van der Waals surface area contributed by atoms with Crippen molar-refractivity contribution in [3.05, 3.63) is 23.8 Å². The van der Waals surface area contributed by atoms with Gasteiger partial charge in [-0.05, 0) is 25.3 Å². The fraction of sp³-hybridized carbons (Fsp3) is 0.500. The van der Waals surface area contributed by atoms with E-state index in [1.807, 2.05) is 12.2 Å². The van der Waals surface area contributed by atoms with E-state index < -0.39 is 0 Å². The Bertz CT molecular complexity index is 351. The minimum atomic E-state index is 0.309. The molecule has 0 fully saturated rings. The van der Waals surface area contributed by atoms with Gasteiger partial charge in [-0.2, -0.15) is 10.2 Å². The van der Waals surface area contributed by atoms with Crippen LogP contribution in [-0.4, -0.2) is 23.1 Å². The van der Waals surface area contributed by atoms with Crippen LogP contribution in [0.3, 0.4) is 0 Å². The first-order chi connectivity index (χ1) is 7.42. The molecule has 0 unspecified atom stereocenters. The molecule has 1 N–H and O–H groups in total. The summed E-state index contributed by atoms with van der Waals surface area (Å²) in [6.07, 6.45) is 11.4. The van der Waals surface area contributed by atoms with E-state index in [1.165, 1.54) is 5.57 Å². The van der Waals surface area contributed by atoms with Gasteiger partial charge in [0.1, 0.15) is 0 Å². The van der Waals surface area contributed by atoms with Gasteiger partial charge in [0.05, 0.1) is 11.4 Å². The summed E-state index contributed by atoms with van der Waals surface area (Å²) >= 11 is 0. The van der Waals surface area contributed by atoms with E-state index in [2.05, 4.69) is 16.3 Å². The van der Waals surface area contributed by atoms with Gasteiger partial charge in [0, 0.05) is 12.2 Å². The van der Waals surface area contributed by atoms with Crippen molar-refractivity contribution in [2.75, 3.05) is 6.61 Å². The lowest BCUT2D eigenvalue weighted by molar-refractivity contribution is 0.283. The van der Waals surface area contributed by atoms with Crippen molar-refractivity contribution >= 4 is 11.4 Å². The highest BCUT2D eigenvalue weighted by molar-refractivity contribution is 6.32. The standard InChI is InChI=1S/C12H16N2O/c15-9-4-2-1-3-7-11-10-6-5-8-12(10)14-13-11/h5-6,8,15H,1-4,7,9H2. The number of hydrogen-bond donors (Lipinski definition) is 1. The predicted molar refractivity (Wildman–Crippen MR) is 62.3 cm³/mol. The largest absolute Gasteiger partial charge is 0.396 e. The normalized spacial score (nSPS) is 17.5. The highest BCUT2D eigenvalue weighted by Gasteiger charge is 2.19. The number of hydrogen-bond acceptors (Lipinski definition) is 3. The average Bonchev–Trinajstić information content (AvgIpc) is 2.81. The molecule has 2 aliphatic rings. The van der Waals surface area contributed by atoms with E-state index in [0.717, 1.165) is 43.5 Å². The molecule has 0 saturated carbocycles. The van der Waals surface area contributed by atoms with Gasteiger partial charge < -0.3 is 5.11 Å². The van der Waals surface area contributed by atoms with Crippen molar-refractivity contribution in [2.24, 2.45) is 10.2 Å². The summed E-state index contributed by atoms with van der Waals surface area (Å²) in [5, 5.41) is 16.9. The second kappa shape index (κ2) is 5.03. The number of allylic oxidation sites excluding steroid dienone is 4. The zero-order chi connectivity index (χ0) is 10.5. The smallest absolute Gasteiger partial charge is 0.0948 e.